The molecule has 12 unspecified atom stereocenters. The quantitative estimate of drug-likeness (QED) is 0.126. The van der Waals surface area contributed by atoms with Gasteiger partial charge >= 0.3 is 0 Å². The Morgan fingerprint density at radius 2 is 0.469 bits per heavy atom. The highest BCUT2D eigenvalue weighted by Gasteiger charge is 2.58. The zero-order valence-electron chi connectivity index (χ0n) is 37.1. The maximum atomic E-state index is 4.48. The normalized spacial score (nSPS) is 44.9. The molecule has 4 aromatic heterocycles. The molecule has 0 spiro atoms. The average molecular weight is 861 g/mol. The molecular formula is C52H68N12. The Morgan fingerprint density at radius 3 is 0.672 bits per heavy atom. The molecular weight excluding hydrogens is 793 g/mol. The summed E-state index contributed by atoms with van der Waals surface area (Å²) < 4.78 is 0. The summed E-state index contributed by atoms with van der Waals surface area (Å²) in [6.07, 6.45) is 32.3. The summed E-state index contributed by atoms with van der Waals surface area (Å²) in [6.45, 7) is 0. The Bertz CT molecular complexity index is 1880. The maximum Gasteiger partial charge on any atom is 0.0634 e. The second-order valence-corrected chi connectivity index (χ2v) is 21.4. The molecule has 8 bridgehead atoms. The second kappa shape index (κ2) is 17.2. The van der Waals surface area contributed by atoms with Crippen molar-refractivity contribution in [3.63, 3.8) is 0 Å². The van der Waals surface area contributed by atoms with Gasteiger partial charge in [-0.3, -0.25) is 62.5 Å². The molecule has 12 heteroatoms. The third kappa shape index (κ3) is 7.09. The number of hydrogen-bond acceptors (Lipinski definition) is 12. The van der Waals surface area contributed by atoms with Crippen LogP contribution in [0.3, 0.4) is 0 Å². The van der Waals surface area contributed by atoms with Crippen molar-refractivity contribution in [2.75, 3.05) is 0 Å². The number of fused-ring (bicyclic) bond motifs is 20. The van der Waals surface area contributed by atoms with Crippen LogP contribution in [0.1, 0.15) is 123 Å². The third-order valence-electron chi connectivity index (χ3n) is 18.7. The van der Waals surface area contributed by atoms with E-state index in [4.69, 9.17) is 0 Å². The molecule has 4 aromatic rings. The van der Waals surface area contributed by atoms with Crippen molar-refractivity contribution in [2.24, 2.45) is 47.3 Å². The van der Waals surface area contributed by atoms with Crippen LogP contribution < -0.4 is 42.5 Å². The predicted octanol–water partition coefficient (Wildman–Crippen LogP) is 5.76. The molecule has 12 atom stereocenters. The van der Waals surface area contributed by atoms with Gasteiger partial charge in [-0.2, -0.15) is 0 Å². The molecule has 9 heterocycles. The lowest BCUT2D eigenvalue weighted by Crippen LogP contribution is -2.62. The summed E-state index contributed by atoms with van der Waals surface area (Å²) in [5.74, 6) is 5.69. The van der Waals surface area contributed by atoms with Gasteiger partial charge in [-0.25, -0.2) is 0 Å². The predicted molar refractivity (Wildman–Crippen MR) is 247 cm³/mol. The minimum absolute atomic E-state index is 0.165. The standard InChI is InChI=1S/C52H68N12/c1-5-33(29-13-21-53-22-14-29)41-37(9-1)45-57-49(41)62-46-39-11-3-7-35(31-17-25-55-26-18-31)43(39)51(59-46)64-48-40-12-4-8-36(32-19-27-56-28-20-32)44(40)52(60-48)63-47-38-10-2-6-34(30-15-23-54-24-16-30)42(38)50(58-47)61-45/h13-28,33-52,57-64H,1-12H2. The molecule has 9 aliphatic rings. The zero-order valence-corrected chi connectivity index (χ0v) is 37.1. The van der Waals surface area contributed by atoms with Gasteiger partial charge in [0.25, 0.3) is 0 Å². The molecule has 12 nitrogen and oxygen atoms in total. The van der Waals surface area contributed by atoms with Crippen molar-refractivity contribution >= 4 is 0 Å². The topological polar surface area (TPSA) is 148 Å². The number of nitrogens with one attached hydrogen (secondary N) is 8. The minimum Gasteiger partial charge on any atom is -0.286 e. The van der Waals surface area contributed by atoms with Gasteiger partial charge in [-0.15, -0.1) is 0 Å². The van der Waals surface area contributed by atoms with Gasteiger partial charge in [0.2, 0.25) is 0 Å². The largest absolute Gasteiger partial charge is 0.286 e. The van der Waals surface area contributed by atoms with E-state index in [0.29, 0.717) is 71.0 Å². The van der Waals surface area contributed by atoms with Crippen LogP contribution in [0.2, 0.25) is 0 Å². The molecule has 4 aliphatic carbocycles. The van der Waals surface area contributed by atoms with Crippen LogP contribution in [0.15, 0.2) is 98.1 Å². The fourth-order valence-electron chi connectivity index (χ4n) is 16.3. The molecule has 0 aromatic carbocycles. The van der Waals surface area contributed by atoms with Crippen LogP contribution in [0.4, 0.5) is 0 Å². The zero-order chi connectivity index (χ0) is 42.1. The van der Waals surface area contributed by atoms with Gasteiger partial charge in [-0.1, -0.05) is 25.7 Å². The lowest BCUT2D eigenvalue weighted by atomic mass is 9.67. The lowest BCUT2D eigenvalue weighted by molar-refractivity contribution is 0.140. The SMILES string of the molecule is c1cc(C2CCCC3C4NC(NC5NC(NC6NC(NC7NC(N4)C4C(c8ccncc8)CCCC74)C4C(c7ccncc7)CCCC64)C4C(c6ccncc6)CCCC54)C23)ccn1. The average Bonchev–Trinajstić information content (AvgIpc) is 4.11. The van der Waals surface area contributed by atoms with Crippen molar-refractivity contribution in [1.82, 2.24) is 62.5 Å². The first-order chi connectivity index (χ1) is 31.7. The first-order valence-corrected chi connectivity index (χ1v) is 25.4. The molecule has 0 amide bonds. The molecule has 5 saturated heterocycles. The monoisotopic (exact) mass is 861 g/mol. The summed E-state index contributed by atoms with van der Waals surface area (Å²) in [5, 5.41) is 35.3. The van der Waals surface area contributed by atoms with Gasteiger partial charge in [0.15, 0.2) is 0 Å². The molecule has 0 radical (unpaired) electrons. The van der Waals surface area contributed by atoms with E-state index in [1.54, 1.807) is 0 Å². The number of pyridine rings is 4. The number of nitrogens with zero attached hydrogens (tertiary/aromatic N) is 4. The highest BCUT2D eigenvalue weighted by atomic mass is 15.4. The van der Waals surface area contributed by atoms with Crippen molar-refractivity contribution < 1.29 is 0 Å². The summed E-state index contributed by atoms with van der Waals surface area (Å²) in [5.41, 5.74) is 5.78. The Morgan fingerprint density at radius 1 is 0.266 bits per heavy atom. The third-order valence-corrected chi connectivity index (χ3v) is 18.7. The fraction of sp³-hybridized carbons (Fsp3) is 0.615. The van der Waals surface area contributed by atoms with E-state index in [0.717, 1.165) is 0 Å². The number of hydrogen-bond donors (Lipinski definition) is 8. The van der Waals surface area contributed by atoms with Crippen LogP contribution in [0.5, 0.6) is 0 Å². The Labute approximate surface area is 379 Å². The summed E-state index contributed by atoms with van der Waals surface area (Å²) in [4.78, 5) is 17.9. The Balaban J connectivity index is 0.917. The summed E-state index contributed by atoms with van der Waals surface area (Å²) in [6, 6.07) is 18.4. The van der Waals surface area contributed by atoms with E-state index >= 15 is 0 Å². The highest BCUT2D eigenvalue weighted by Crippen LogP contribution is 2.53. The molecule has 4 saturated carbocycles. The van der Waals surface area contributed by atoms with E-state index in [1.165, 1.54) is 99.3 Å². The van der Waals surface area contributed by atoms with Crippen LogP contribution in [-0.2, 0) is 0 Å². The van der Waals surface area contributed by atoms with Crippen LogP contribution in [0, 0.1) is 47.3 Å². The molecule has 8 N–H and O–H groups in total. The smallest absolute Gasteiger partial charge is 0.0634 e. The molecule has 64 heavy (non-hydrogen) atoms. The second-order valence-electron chi connectivity index (χ2n) is 21.4. The first kappa shape index (κ1) is 40.5. The molecule has 5 aliphatic heterocycles. The van der Waals surface area contributed by atoms with Crippen molar-refractivity contribution in [3.8, 4) is 0 Å². The first-order valence-electron chi connectivity index (χ1n) is 25.4. The van der Waals surface area contributed by atoms with E-state index in [-0.39, 0.29) is 49.3 Å². The summed E-state index contributed by atoms with van der Waals surface area (Å²) in [7, 11) is 0. The van der Waals surface area contributed by atoms with E-state index in [9.17, 15) is 0 Å². The van der Waals surface area contributed by atoms with Crippen LogP contribution >= 0.6 is 0 Å². The van der Waals surface area contributed by atoms with Crippen LogP contribution in [0.25, 0.3) is 0 Å². The Hall–Kier alpha value is -3.72. The highest BCUT2D eigenvalue weighted by molar-refractivity contribution is 5.27. The Kier molecular flexibility index (Phi) is 10.9. The van der Waals surface area contributed by atoms with Gasteiger partial charge in [0, 0.05) is 49.6 Å². The maximum absolute atomic E-state index is 4.48. The van der Waals surface area contributed by atoms with E-state index in [1.807, 2.05) is 49.6 Å². The molecule has 336 valence electrons. The number of rotatable bonds is 4. The molecule has 9 fully saturated rings. The van der Waals surface area contributed by atoms with Gasteiger partial charge in [-0.05, 0) is 193 Å². The summed E-state index contributed by atoms with van der Waals surface area (Å²) >= 11 is 0. The van der Waals surface area contributed by atoms with Crippen LogP contribution in [-0.4, -0.2) is 69.3 Å². The van der Waals surface area contributed by atoms with E-state index in [2.05, 4.69) is 111 Å². The van der Waals surface area contributed by atoms with Gasteiger partial charge in [0.1, 0.15) is 0 Å². The van der Waals surface area contributed by atoms with Gasteiger partial charge < -0.3 is 0 Å². The van der Waals surface area contributed by atoms with Crippen molar-refractivity contribution in [3.05, 3.63) is 120 Å². The fourth-order valence-corrected chi connectivity index (χ4v) is 16.3. The number of aromatic nitrogens is 4. The van der Waals surface area contributed by atoms with E-state index < -0.39 is 0 Å². The van der Waals surface area contributed by atoms with Crippen molar-refractivity contribution in [1.29, 1.82) is 0 Å². The molecule has 13 rings (SSSR count). The minimum atomic E-state index is 0.165. The van der Waals surface area contributed by atoms with Gasteiger partial charge in [0.05, 0.1) is 49.3 Å². The lowest BCUT2D eigenvalue weighted by Gasteiger charge is -2.41. The van der Waals surface area contributed by atoms with Crippen molar-refractivity contribution in [2.45, 2.75) is 150 Å².